The third-order valence-corrected chi connectivity index (χ3v) is 3.65. The lowest BCUT2D eigenvalue weighted by atomic mass is 9.91. The maximum Gasteiger partial charge on any atom is 0.419 e. The highest BCUT2D eigenvalue weighted by molar-refractivity contribution is 6.21. The van der Waals surface area contributed by atoms with Crippen molar-refractivity contribution in [2.24, 2.45) is 0 Å². The van der Waals surface area contributed by atoms with Gasteiger partial charge in [0, 0.05) is 13.0 Å². The predicted molar refractivity (Wildman–Crippen MR) is 70.1 cm³/mol. The fourth-order valence-electron chi connectivity index (χ4n) is 2.08. The summed E-state index contributed by atoms with van der Waals surface area (Å²) >= 11 is 6.00. The van der Waals surface area contributed by atoms with Crippen LogP contribution >= 0.6 is 11.6 Å². The smallest absolute Gasteiger partial charge is 0.419 e. The Balaban J connectivity index is 2.07. The molecule has 1 aromatic carbocycles. The van der Waals surface area contributed by atoms with Gasteiger partial charge in [0.1, 0.15) is 23.8 Å². The van der Waals surface area contributed by atoms with Gasteiger partial charge in [0.2, 0.25) is 0 Å². The minimum atomic E-state index is -4.75. The fourth-order valence-corrected chi connectivity index (χ4v) is 2.49. The minimum Gasteiger partial charge on any atom is -0.488 e. The van der Waals surface area contributed by atoms with Gasteiger partial charge in [0.05, 0.1) is 10.9 Å². The summed E-state index contributed by atoms with van der Waals surface area (Å²) in [6.07, 6.45) is -4.23. The van der Waals surface area contributed by atoms with E-state index in [0.717, 1.165) is 12.5 Å². The molecule has 1 saturated carbocycles. The van der Waals surface area contributed by atoms with Gasteiger partial charge in [-0.25, -0.2) is 4.39 Å². The van der Waals surface area contributed by atoms with Crippen molar-refractivity contribution in [1.82, 2.24) is 0 Å². The van der Waals surface area contributed by atoms with Crippen molar-refractivity contribution >= 4 is 11.6 Å². The first-order chi connectivity index (χ1) is 9.82. The zero-order valence-corrected chi connectivity index (χ0v) is 12.0. The molecule has 0 bridgehead atoms. The van der Waals surface area contributed by atoms with Gasteiger partial charge in [-0.2, -0.15) is 13.2 Å². The van der Waals surface area contributed by atoms with Gasteiger partial charge >= 0.3 is 6.18 Å². The Morgan fingerprint density at radius 3 is 2.62 bits per heavy atom. The first kappa shape index (κ1) is 16.4. The molecule has 0 aliphatic heterocycles. The molecule has 2 nitrogen and oxygen atoms in total. The molecule has 3 unspecified atom stereocenters. The summed E-state index contributed by atoms with van der Waals surface area (Å²) in [5.74, 6) is -1.36. The maximum absolute atomic E-state index is 13.2. The quantitative estimate of drug-likeness (QED) is 0.590. The van der Waals surface area contributed by atoms with Gasteiger partial charge in [0.15, 0.2) is 0 Å². The Morgan fingerprint density at radius 2 is 2.05 bits per heavy atom. The van der Waals surface area contributed by atoms with Gasteiger partial charge in [-0.05, 0) is 24.6 Å². The summed E-state index contributed by atoms with van der Waals surface area (Å²) in [5, 5.41) is -0.218. The second kappa shape index (κ2) is 6.40. The molecular weight excluding hydrogens is 312 g/mol. The van der Waals surface area contributed by atoms with E-state index in [1.165, 1.54) is 6.07 Å². The van der Waals surface area contributed by atoms with Crippen LogP contribution in [0.2, 0.25) is 0 Å². The van der Waals surface area contributed by atoms with Crippen LogP contribution in [-0.4, -0.2) is 24.2 Å². The van der Waals surface area contributed by atoms with Crippen LogP contribution in [0.4, 0.5) is 17.6 Å². The van der Waals surface area contributed by atoms with Crippen LogP contribution in [0.3, 0.4) is 0 Å². The number of hydrogen-bond donors (Lipinski definition) is 0. The summed E-state index contributed by atoms with van der Waals surface area (Å²) in [4.78, 5) is 0. The van der Waals surface area contributed by atoms with E-state index in [4.69, 9.17) is 21.1 Å². The number of halogens is 5. The lowest BCUT2D eigenvalue weighted by Gasteiger charge is -2.40. The second-order valence-electron chi connectivity index (χ2n) is 4.88. The third kappa shape index (κ3) is 3.80. The number of hydrogen-bond acceptors (Lipinski definition) is 2. The van der Waals surface area contributed by atoms with Crippen LogP contribution in [0.5, 0.6) is 5.75 Å². The molecule has 1 aliphatic carbocycles. The van der Waals surface area contributed by atoms with Crippen molar-refractivity contribution in [2.45, 2.75) is 43.5 Å². The molecule has 21 heavy (non-hydrogen) atoms. The second-order valence-corrected chi connectivity index (χ2v) is 5.44. The number of benzene rings is 1. The van der Waals surface area contributed by atoms with Crippen LogP contribution in [0.1, 0.15) is 25.3 Å². The van der Waals surface area contributed by atoms with Crippen LogP contribution in [0.25, 0.3) is 0 Å². The molecule has 0 aromatic heterocycles. The maximum atomic E-state index is 13.2. The van der Waals surface area contributed by atoms with E-state index in [1.54, 1.807) is 0 Å². The fraction of sp³-hybridized carbons (Fsp3) is 0.571. The van der Waals surface area contributed by atoms with Crippen molar-refractivity contribution < 1.29 is 27.0 Å². The van der Waals surface area contributed by atoms with E-state index >= 15 is 0 Å². The Bertz CT molecular complexity index is 492. The molecule has 0 N–H and O–H groups in total. The van der Waals surface area contributed by atoms with Crippen LogP contribution in [0.15, 0.2) is 18.2 Å². The molecule has 0 amide bonds. The monoisotopic (exact) mass is 326 g/mol. The van der Waals surface area contributed by atoms with Crippen molar-refractivity contribution in [2.75, 3.05) is 6.61 Å². The molecule has 1 aromatic rings. The van der Waals surface area contributed by atoms with E-state index in [0.29, 0.717) is 19.1 Å². The summed E-state index contributed by atoms with van der Waals surface area (Å²) < 4.78 is 62.0. The standard InChI is InChI=1S/C14H15ClF4O2/c1-2-5-20-13-10(15)7-12(13)21-8-3-4-11(16)9(6-8)14(17,18)19/h3-4,6,10,12-13H,2,5,7H2,1H3. The summed E-state index contributed by atoms with van der Waals surface area (Å²) in [7, 11) is 0. The van der Waals surface area contributed by atoms with Gasteiger partial charge in [0.25, 0.3) is 0 Å². The van der Waals surface area contributed by atoms with Crippen LogP contribution in [0, 0.1) is 5.82 Å². The van der Waals surface area contributed by atoms with Crippen molar-refractivity contribution in [3.05, 3.63) is 29.6 Å². The average Bonchev–Trinajstić information content (AvgIpc) is 2.39. The lowest BCUT2D eigenvalue weighted by Crippen LogP contribution is -2.52. The Kier molecular flexibility index (Phi) is 4.99. The zero-order chi connectivity index (χ0) is 15.6. The Morgan fingerprint density at radius 1 is 1.33 bits per heavy atom. The Hall–Kier alpha value is -1.01. The van der Waals surface area contributed by atoms with Gasteiger partial charge < -0.3 is 9.47 Å². The molecule has 0 spiro atoms. The molecule has 1 aliphatic rings. The minimum absolute atomic E-state index is 0.0395. The summed E-state index contributed by atoms with van der Waals surface area (Å²) in [6, 6.07) is 2.58. The van der Waals surface area contributed by atoms with Crippen LogP contribution in [-0.2, 0) is 10.9 Å². The highest BCUT2D eigenvalue weighted by Gasteiger charge is 2.43. The SMILES string of the molecule is CCCOC1C(Cl)CC1Oc1ccc(F)c(C(F)(F)F)c1. The molecule has 0 radical (unpaired) electrons. The number of ether oxygens (including phenoxy) is 2. The van der Waals surface area contributed by atoms with E-state index in [2.05, 4.69) is 0 Å². The van der Waals surface area contributed by atoms with E-state index in [-0.39, 0.29) is 17.2 Å². The lowest BCUT2D eigenvalue weighted by molar-refractivity contribution is -0.140. The highest BCUT2D eigenvalue weighted by atomic mass is 35.5. The van der Waals surface area contributed by atoms with Crippen molar-refractivity contribution in [3.63, 3.8) is 0 Å². The van der Waals surface area contributed by atoms with E-state index < -0.39 is 23.7 Å². The first-order valence-corrected chi connectivity index (χ1v) is 7.05. The van der Waals surface area contributed by atoms with E-state index in [1.807, 2.05) is 6.92 Å². The Labute approximate surface area is 125 Å². The summed E-state index contributed by atoms with van der Waals surface area (Å²) in [6.45, 7) is 2.44. The summed E-state index contributed by atoms with van der Waals surface area (Å²) in [5.41, 5.74) is -1.34. The first-order valence-electron chi connectivity index (χ1n) is 6.62. The zero-order valence-electron chi connectivity index (χ0n) is 11.3. The van der Waals surface area contributed by atoms with Gasteiger partial charge in [-0.3, -0.25) is 0 Å². The predicted octanol–water partition coefficient (Wildman–Crippen LogP) is 4.40. The molecule has 2 rings (SSSR count). The number of alkyl halides is 4. The van der Waals surface area contributed by atoms with Gasteiger partial charge in [-0.15, -0.1) is 11.6 Å². The molecule has 7 heteroatoms. The van der Waals surface area contributed by atoms with Crippen molar-refractivity contribution in [1.29, 1.82) is 0 Å². The molecule has 0 heterocycles. The van der Waals surface area contributed by atoms with Crippen LogP contribution < -0.4 is 4.74 Å². The molecule has 1 fully saturated rings. The molecule has 3 atom stereocenters. The number of rotatable bonds is 5. The topological polar surface area (TPSA) is 18.5 Å². The normalized spacial score (nSPS) is 25.5. The van der Waals surface area contributed by atoms with E-state index in [9.17, 15) is 17.6 Å². The van der Waals surface area contributed by atoms with Gasteiger partial charge in [-0.1, -0.05) is 6.92 Å². The highest BCUT2D eigenvalue weighted by Crippen LogP contribution is 2.36. The molecule has 0 saturated heterocycles. The van der Waals surface area contributed by atoms with Crippen molar-refractivity contribution in [3.8, 4) is 5.75 Å². The molecular formula is C14H15ClF4O2. The average molecular weight is 327 g/mol. The molecule has 118 valence electrons. The largest absolute Gasteiger partial charge is 0.488 e. The third-order valence-electron chi connectivity index (χ3n) is 3.23.